The van der Waals surface area contributed by atoms with Crippen molar-refractivity contribution in [3.05, 3.63) is 70.5 Å². The van der Waals surface area contributed by atoms with E-state index in [4.69, 9.17) is 0 Å². The molecular formula is C26H28FN3O4. The standard InChI is InChI=1S/C26H28FN3O4/c1-5-29-20-10-7-6-9-18(20)26(25(29)34)21(22(31)17-12-11-16(2)19(27)15-17)23(32)24(33)30(26)14-8-13-28(3)4/h6-7,9-12,15,31H,5,8,13-14H2,1-4H3/b22-21-. The Kier molecular flexibility index (Phi) is 6.03. The molecule has 2 aliphatic heterocycles. The van der Waals surface area contributed by atoms with Crippen molar-refractivity contribution >= 4 is 29.0 Å². The van der Waals surface area contributed by atoms with Gasteiger partial charge in [0, 0.05) is 24.2 Å². The van der Waals surface area contributed by atoms with Gasteiger partial charge < -0.3 is 19.8 Å². The van der Waals surface area contributed by atoms with E-state index in [0.29, 0.717) is 36.3 Å². The van der Waals surface area contributed by atoms with E-state index in [1.807, 2.05) is 19.0 Å². The lowest BCUT2D eigenvalue weighted by atomic mass is 9.81. The third kappa shape index (κ3) is 3.32. The number of rotatable bonds is 6. The quantitative estimate of drug-likeness (QED) is 0.403. The first kappa shape index (κ1) is 23.6. The predicted molar refractivity (Wildman–Crippen MR) is 127 cm³/mol. The SMILES string of the molecule is CCN1C(=O)C2(/C(=C(\O)c3ccc(C)c(F)c3)C(=O)C(=O)N2CCCN(C)C)c2ccccc21. The molecule has 2 amide bonds. The van der Waals surface area contributed by atoms with E-state index in [1.54, 1.807) is 38.1 Å². The monoisotopic (exact) mass is 465 g/mol. The number of carbonyl (C=O) groups excluding carboxylic acids is 3. The van der Waals surface area contributed by atoms with Crippen LogP contribution in [0.5, 0.6) is 0 Å². The van der Waals surface area contributed by atoms with Crippen molar-refractivity contribution in [3.8, 4) is 0 Å². The number of Topliss-reactive ketones (excluding diaryl/α,β-unsaturated/α-hetero) is 1. The highest BCUT2D eigenvalue weighted by molar-refractivity contribution is 6.50. The van der Waals surface area contributed by atoms with Crippen LogP contribution < -0.4 is 4.90 Å². The molecule has 0 bridgehead atoms. The highest BCUT2D eigenvalue weighted by Crippen LogP contribution is 2.53. The Balaban J connectivity index is 2.01. The van der Waals surface area contributed by atoms with E-state index in [-0.39, 0.29) is 17.7 Å². The van der Waals surface area contributed by atoms with E-state index in [0.717, 1.165) is 6.07 Å². The van der Waals surface area contributed by atoms with Gasteiger partial charge in [0.15, 0.2) is 5.54 Å². The maximum Gasteiger partial charge on any atom is 0.296 e. The smallest absolute Gasteiger partial charge is 0.296 e. The summed E-state index contributed by atoms with van der Waals surface area (Å²) < 4.78 is 14.3. The van der Waals surface area contributed by atoms with Gasteiger partial charge in [0.05, 0.1) is 11.3 Å². The number of likely N-dealkylation sites (tertiary alicyclic amines) is 1. The van der Waals surface area contributed by atoms with Gasteiger partial charge in [-0.2, -0.15) is 0 Å². The number of aryl methyl sites for hydroxylation is 1. The molecule has 1 spiro atoms. The van der Waals surface area contributed by atoms with Crippen LogP contribution >= 0.6 is 0 Å². The van der Waals surface area contributed by atoms with Crippen LogP contribution in [0.1, 0.15) is 30.0 Å². The molecule has 2 heterocycles. The maximum atomic E-state index is 14.3. The zero-order valence-corrected chi connectivity index (χ0v) is 19.8. The van der Waals surface area contributed by atoms with Crippen molar-refractivity contribution < 1.29 is 23.9 Å². The van der Waals surface area contributed by atoms with E-state index in [2.05, 4.69) is 0 Å². The number of aliphatic hydroxyl groups is 1. The Bertz CT molecular complexity index is 1220. The molecule has 2 aromatic rings. The number of hydrogen-bond donors (Lipinski definition) is 1. The molecule has 1 saturated heterocycles. The molecule has 34 heavy (non-hydrogen) atoms. The third-order valence-corrected chi connectivity index (χ3v) is 6.56. The highest BCUT2D eigenvalue weighted by atomic mass is 19.1. The number of likely N-dealkylation sites (N-methyl/N-ethyl adjacent to an activating group) is 1. The number of amides is 2. The lowest BCUT2D eigenvalue weighted by Gasteiger charge is -2.34. The second-order valence-electron chi connectivity index (χ2n) is 8.91. The molecule has 0 aromatic heterocycles. The minimum absolute atomic E-state index is 0.0361. The number of nitrogens with zero attached hydrogens (tertiary/aromatic N) is 3. The third-order valence-electron chi connectivity index (χ3n) is 6.56. The lowest BCUT2D eigenvalue weighted by Crippen LogP contribution is -2.52. The Hall–Kier alpha value is -3.52. The van der Waals surface area contributed by atoms with Crippen LogP contribution in [-0.4, -0.2) is 66.2 Å². The first-order valence-electron chi connectivity index (χ1n) is 11.3. The number of anilines is 1. The summed E-state index contributed by atoms with van der Waals surface area (Å²) >= 11 is 0. The lowest BCUT2D eigenvalue weighted by molar-refractivity contribution is -0.143. The molecule has 4 rings (SSSR count). The van der Waals surface area contributed by atoms with Gasteiger partial charge in [-0.15, -0.1) is 0 Å². The number of carbonyl (C=O) groups is 3. The van der Waals surface area contributed by atoms with Gasteiger partial charge in [-0.3, -0.25) is 14.4 Å². The van der Waals surface area contributed by atoms with Gasteiger partial charge in [-0.25, -0.2) is 4.39 Å². The molecular weight excluding hydrogens is 437 g/mol. The Labute approximate surface area is 198 Å². The van der Waals surface area contributed by atoms with Crippen molar-refractivity contribution in [1.29, 1.82) is 0 Å². The first-order valence-corrected chi connectivity index (χ1v) is 11.3. The molecule has 0 radical (unpaired) electrons. The number of aliphatic hydroxyl groups excluding tert-OH is 1. The number of benzene rings is 2. The van der Waals surface area contributed by atoms with Crippen LogP contribution in [0.4, 0.5) is 10.1 Å². The van der Waals surface area contributed by atoms with Crippen LogP contribution in [0.2, 0.25) is 0 Å². The van der Waals surface area contributed by atoms with Crippen LogP contribution in [0.25, 0.3) is 5.76 Å². The number of ketones is 1. The van der Waals surface area contributed by atoms with Crippen LogP contribution in [0.3, 0.4) is 0 Å². The summed E-state index contributed by atoms with van der Waals surface area (Å²) in [5.74, 6) is -3.41. The zero-order chi connectivity index (χ0) is 24.8. The Morgan fingerprint density at radius 1 is 1.12 bits per heavy atom. The molecule has 1 unspecified atom stereocenters. The summed E-state index contributed by atoms with van der Waals surface area (Å²) in [5.41, 5.74) is -0.684. The van der Waals surface area contributed by atoms with Gasteiger partial charge in [0.1, 0.15) is 11.6 Å². The molecule has 1 atom stereocenters. The van der Waals surface area contributed by atoms with Gasteiger partial charge in [0.2, 0.25) is 0 Å². The normalized spacial score (nSPS) is 21.3. The van der Waals surface area contributed by atoms with Gasteiger partial charge in [0.25, 0.3) is 17.6 Å². The fourth-order valence-corrected chi connectivity index (χ4v) is 4.91. The molecule has 2 aliphatic rings. The van der Waals surface area contributed by atoms with Crippen molar-refractivity contribution in [1.82, 2.24) is 9.80 Å². The van der Waals surface area contributed by atoms with E-state index in [9.17, 15) is 23.9 Å². The predicted octanol–water partition coefficient (Wildman–Crippen LogP) is 3.03. The van der Waals surface area contributed by atoms with E-state index in [1.165, 1.54) is 21.9 Å². The second kappa shape index (κ2) is 8.68. The highest BCUT2D eigenvalue weighted by Gasteiger charge is 2.66. The first-order chi connectivity index (χ1) is 16.2. The second-order valence-corrected chi connectivity index (χ2v) is 8.91. The van der Waals surface area contributed by atoms with E-state index < -0.39 is 34.7 Å². The van der Waals surface area contributed by atoms with Crippen molar-refractivity contribution in [2.45, 2.75) is 25.8 Å². The summed E-state index contributed by atoms with van der Waals surface area (Å²) in [6, 6.07) is 11.0. The molecule has 1 N–H and O–H groups in total. The van der Waals surface area contributed by atoms with Crippen molar-refractivity contribution in [3.63, 3.8) is 0 Å². The van der Waals surface area contributed by atoms with Crippen LogP contribution in [0, 0.1) is 12.7 Å². The topological polar surface area (TPSA) is 81.2 Å². The summed E-state index contributed by atoms with van der Waals surface area (Å²) in [6.45, 7) is 4.48. The summed E-state index contributed by atoms with van der Waals surface area (Å²) in [5, 5.41) is 11.3. The minimum atomic E-state index is -1.81. The van der Waals surface area contributed by atoms with Crippen molar-refractivity contribution in [2.75, 3.05) is 38.6 Å². The van der Waals surface area contributed by atoms with Gasteiger partial charge in [-0.05, 0) is 58.6 Å². The summed E-state index contributed by atoms with van der Waals surface area (Å²) in [4.78, 5) is 45.5. The van der Waals surface area contributed by atoms with Crippen molar-refractivity contribution in [2.24, 2.45) is 0 Å². The molecule has 2 aromatic carbocycles. The van der Waals surface area contributed by atoms with Crippen LogP contribution in [0.15, 0.2) is 48.0 Å². The van der Waals surface area contributed by atoms with Crippen LogP contribution in [-0.2, 0) is 19.9 Å². The molecule has 1 fully saturated rings. The fraction of sp³-hybridized carbons (Fsp3) is 0.346. The van der Waals surface area contributed by atoms with E-state index >= 15 is 0 Å². The molecule has 7 nitrogen and oxygen atoms in total. The number of para-hydroxylation sites is 1. The van der Waals surface area contributed by atoms with Gasteiger partial charge in [-0.1, -0.05) is 30.3 Å². The minimum Gasteiger partial charge on any atom is -0.507 e. The number of fused-ring (bicyclic) bond motifs is 2. The fourth-order valence-electron chi connectivity index (χ4n) is 4.91. The Morgan fingerprint density at radius 2 is 1.82 bits per heavy atom. The average molecular weight is 466 g/mol. The molecule has 178 valence electrons. The zero-order valence-electron chi connectivity index (χ0n) is 19.8. The number of hydrogen-bond acceptors (Lipinski definition) is 5. The average Bonchev–Trinajstić information content (AvgIpc) is 3.18. The molecule has 8 heteroatoms. The van der Waals surface area contributed by atoms with Gasteiger partial charge >= 0.3 is 0 Å². The molecule has 0 aliphatic carbocycles. The number of halogens is 1. The summed E-state index contributed by atoms with van der Waals surface area (Å²) in [6.07, 6.45) is 0.516. The maximum absolute atomic E-state index is 14.3. The molecule has 0 saturated carbocycles. The largest absolute Gasteiger partial charge is 0.507 e. The Morgan fingerprint density at radius 3 is 2.47 bits per heavy atom. The summed E-state index contributed by atoms with van der Waals surface area (Å²) in [7, 11) is 3.79.